The van der Waals surface area contributed by atoms with Crippen LogP contribution in [0.3, 0.4) is 0 Å². The highest BCUT2D eigenvalue weighted by Crippen LogP contribution is 2.26. The van der Waals surface area contributed by atoms with Gasteiger partial charge in [-0.3, -0.25) is 4.57 Å². The molecule has 1 atom stereocenters. The van der Waals surface area contributed by atoms with Crippen LogP contribution in [0.5, 0.6) is 0 Å². The van der Waals surface area contributed by atoms with Gasteiger partial charge in [0, 0.05) is 40.4 Å². The Labute approximate surface area is 169 Å². The SMILES string of the molecule is COCCc1noc(CN(C)c2nnc(-c3cccn3C)n2CC2CCCO2)n1. The third kappa shape index (κ3) is 4.33. The van der Waals surface area contributed by atoms with Crippen molar-refractivity contribution in [1.82, 2.24) is 29.5 Å². The third-order valence-corrected chi connectivity index (χ3v) is 5.07. The first-order valence-corrected chi connectivity index (χ1v) is 9.83. The van der Waals surface area contributed by atoms with E-state index in [-0.39, 0.29) is 6.10 Å². The maximum Gasteiger partial charge on any atom is 0.246 e. The van der Waals surface area contributed by atoms with Crippen molar-refractivity contribution in [1.29, 1.82) is 0 Å². The van der Waals surface area contributed by atoms with Crippen LogP contribution in [0.15, 0.2) is 22.9 Å². The van der Waals surface area contributed by atoms with Gasteiger partial charge >= 0.3 is 0 Å². The Morgan fingerprint density at radius 1 is 1.34 bits per heavy atom. The van der Waals surface area contributed by atoms with Crippen LogP contribution in [-0.2, 0) is 36.0 Å². The van der Waals surface area contributed by atoms with E-state index in [0.29, 0.717) is 37.8 Å². The maximum atomic E-state index is 5.87. The lowest BCUT2D eigenvalue weighted by molar-refractivity contribution is 0.0975. The van der Waals surface area contributed by atoms with Crippen LogP contribution in [0.1, 0.15) is 24.6 Å². The number of aryl methyl sites for hydroxylation is 1. The van der Waals surface area contributed by atoms with E-state index >= 15 is 0 Å². The molecule has 0 aliphatic carbocycles. The van der Waals surface area contributed by atoms with Crippen LogP contribution in [-0.4, -0.2) is 62.9 Å². The Morgan fingerprint density at radius 3 is 2.97 bits per heavy atom. The molecule has 29 heavy (non-hydrogen) atoms. The van der Waals surface area contributed by atoms with E-state index in [9.17, 15) is 0 Å². The second-order valence-corrected chi connectivity index (χ2v) is 7.28. The van der Waals surface area contributed by atoms with Crippen molar-refractivity contribution in [3.05, 3.63) is 30.0 Å². The monoisotopic (exact) mass is 401 g/mol. The molecule has 0 amide bonds. The molecule has 0 bridgehead atoms. The van der Waals surface area contributed by atoms with Gasteiger partial charge in [-0.15, -0.1) is 10.2 Å². The average Bonchev–Trinajstić information content (AvgIpc) is 3.49. The first-order valence-electron chi connectivity index (χ1n) is 9.83. The highest BCUT2D eigenvalue weighted by Gasteiger charge is 2.24. The maximum absolute atomic E-state index is 5.87. The normalized spacial score (nSPS) is 16.6. The fraction of sp³-hybridized carbons (Fsp3) is 0.579. The van der Waals surface area contributed by atoms with Gasteiger partial charge in [0.2, 0.25) is 11.8 Å². The molecule has 1 aliphatic heterocycles. The Morgan fingerprint density at radius 2 is 2.24 bits per heavy atom. The van der Waals surface area contributed by atoms with Crippen LogP contribution in [0.4, 0.5) is 5.95 Å². The van der Waals surface area contributed by atoms with Gasteiger partial charge in [0.15, 0.2) is 11.6 Å². The lowest BCUT2D eigenvalue weighted by Gasteiger charge is -2.20. The zero-order chi connectivity index (χ0) is 20.2. The second kappa shape index (κ2) is 8.75. The summed E-state index contributed by atoms with van der Waals surface area (Å²) in [6.45, 7) is 2.52. The molecule has 0 saturated carbocycles. The Hall–Kier alpha value is -2.72. The summed E-state index contributed by atoms with van der Waals surface area (Å²) >= 11 is 0. The molecule has 0 spiro atoms. The van der Waals surface area contributed by atoms with Gasteiger partial charge in [-0.1, -0.05) is 5.16 Å². The Kier molecular flexibility index (Phi) is 5.91. The van der Waals surface area contributed by atoms with E-state index < -0.39 is 0 Å². The highest BCUT2D eigenvalue weighted by atomic mass is 16.5. The van der Waals surface area contributed by atoms with Crippen LogP contribution < -0.4 is 4.90 Å². The molecule has 1 unspecified atom stereocenters. The molecule has 3 aromatic heterocycles. The first-order chi connectivity index (χ1) is 14.2. The topological polar surface area (TPSA) is 96.3 Å². The minimum absolute atomic E-state index is 0.168. The van der Waals surface area contributed by atoms with E-state index in [1.165, 1.54) is 0 Å². The average molecular weight is 401 g/mol. The zero-order valence-corrected chi connectivity index (χ0v) is 17.1. The Bertz CT molecular complexity index is 926. The molecular weight excluding hydrogens is 374 g/mol. The molecule has 0 aromatic carbocycles. The minimum Gasteiger partial charge on any atom is -0.384 e. The predicted octanol–water partition coefficient (Wildman–Crippen LogP) is 1.67. The summed E-state index contributed by atoms with van der Waals surface area (Å²) in [5.74, 6) is 2.74. The van der Waals surface area contributed by atoms with Crippen molar-refractivity contribution in [2.24, 2.45) is 7.05 Å². The predicted molar refractivity (Wildman–Crippen MR) is 105 cm³/mol. The number of aromatic nitrogens is 6. The molecule has 0 N–H and O–H groups in total. The molecule has 1 fully saturated rings. The number of anilines is 1. The summed E-state index contributed by atoms with van der Waals surface area (Å²) in [5, 5.41) is 13.0. The summed E-state index contributed by atoms with van der Waals surface area (Å²) < 4.78 is 20.5. The van der Waals surface area contributed by atoms with E-state index in [0.717, 1.165) is 36.9 Å². The fourth-order valence-corrected chi connectivity index (χ4v) is 3.54. The largest absolute Gasteiger partial charge is 0.384 e. The van der Waals surface area contributed by atoms with Crippen LogP contribution in [0.25, 0.3) is 11.5 Å². The van der Waals surface area contributed by atoms with Gasteiger partial charge in [-0.25, -0.2) is 0 Å². The summed E-state index contributed by atoms with van der Waals surface area (Å²) in [6, 6.07) is 4.05. The van der Waals surface area contributed by atoms with E-state index in [1.807, 2.05) is 41.9 Å². The van der Waals surface area contributed by atoms with E-state index in [4.69, 9.17) is 14.0 Å². The molecule has 10 heteroatoms. The molecule has 10 nitrogen and oxygen atoms in total. The van der Waals surface area contributed by atoms with E-state index in [2.05, 4.69) is 24.9 Å². The fourth-order valence-electron chi connectivity index (χ4n) is 3.54. The lowest BCUT2D eigenvalue weighted by atomic mass is 10.2. The number of hydrogen-bond acceptors (Lipinski definition) is 8. The highest BCUT2D eigenvalue weighted by molar-refractivity contribution is 5.54. The van der Waals surface area contributed by atoms with Crippen molar-refractivity contribution >= 4 is 5.95 Å². The number of ether oxygens (including phenoxy) is 2. The Balaban J connectivity index is 1.57. The molecule has 4 rings (SSSR count). The molecule has 3 aromatic rings. The van der Waals surface area contributed by atoms with Crippen LogP contribution in [0, 0.1) is 0 Å². The minimum atomic E-state index is 0.168. The van der Waals surface area contributed by atoms with Gasteiger partial charge < -0.3 is 23.5 Å². The molecule has 1 aliphatic rings. The summed E-state index contributed by atoms with van der Waals surface area (Å²) in [5.41, 5.74) is 1.01. The van der Waals surface area contributed by atoms with Crippen molar-refractivity contribution in [3.8, 4) is 11.5 Å². The van der Waals surface area contributed by atoms with Crippen LogP contribution in [0.2, 0.25) is 0 Å². The quantitative estimate of drug-likeness (QED) is 0.534. The van der Waals surface area contributed by atoms with Crippen molar-refractivity contribution in [2.45, 2.75) is 38.5 Å². The van der Waals surface area contributed by atoms with Gasteiger partial charge in [-0.05, 0) is 25.0 Å². The third-order valence-electron chi connectivity index (χ3n) is 5.07. The first kappa shape index (κ1) is 19.6. The van der Waals surface area contributed by atoms with Gasteiger partial charge in [0.25, 0.3) is 0 Å². The molecule has 156 valence electrons. The number of rotatable bonds is 9. The molecular formula is C19H27N7O3. The van der Waals surface area contributed by atoms with Gasteiger partial charge in [0.05, 0.1) is 31.5 Å². The number of methoxy groups -OCH3 is 1. The molecule has 0 radical (unpaired) electrons. The van der Waals surface area contributed by atoms with Gasteiger partial charge in [-0.2, -0.15) is 4.98 Å². The zero-order valence-electron chi connectivity index (χ0n) is 17.1. The number of nitrogens with zero attached hydrogens (tertiary/aromatic N) is 7. The lowest BCUT2D eigenvalue weighted by Crippen LogP contribution is -2.24. The summed E-state index contributed by atoms with van der Waals surface area (Å²) in [6.07, 6.45) is 4.92. The standard InChI is InChI=1S/C19H27N7O3/c1-24-9-4-7-15(24)18-21-22-19(26(18)12-14-6-5-10-28-14)25(2)13-17-20-16(23-29-17)8-11-27-3/h4,7,9,14H,5-6,8,10-13H2,1-3H3. The smallest absolute Gasteiger partial charge is 0.246 e. The number of hydrogen-bond donors (Lipinski definition) is 0. The van der Waals surface area contributed by atoms with Crippen molar-refractivity contribution in [3.63, 3.8) is 0 Å². The second-order valence-electron chi connectivity index (χ2n) is 7.28. The van der Waals surface area contributed by atoms with Crippen molar-refractivity contribution in [2.75, 3.05) is 32.3 Å². The summed E-state index contributed by atoms with van der Waals surface area (Å²) in [7, 11) is 5.60. The van der Waals surface area contributed by atoms with Crippen LogP contribution >= 0.6 is 0 Å². The summed E-state index contributed by atoms with van der Waals surface area (Å²) in [4.78, 5) is 6.41. The van der Waals surface area contributed by atoms with Crippen molar-refractivity contribution < 1.29 is 14.0 Å². The van der Waals surface area contributed by atoms with E-state index in [1.54, 1.807) is 7.11 Å². The molecule has 4 heterocycles. The molecule has 1 saturated heterocycles. The van der Waals surface area contributed by atoms with Gasteiger partial charge in [0.1, 0.15) is 0 Å².